The lowest BCUT2D eigenvalue weighted by atomic mass is 8.33. The zero-order valence-corrected chi connectivity index (χ0v) is 40.4. The van der Waals surface area contributed by atoms with Crippen LogP contribution in [-0.2, 0) is 18.3 Å². The molecule has 5 aromatic rings. The van der Waals surface area contributed by atoms with Gasteiger partial charge in [0.1, 0.15) is 6.61 Å². The van der Waals surface area contributed by atoms with E-state index >= 15 is 0 Å². The lowest BCUT2D eigenvalue weighted by molar-refractivity contribution is 0.150. The van der Waals surface area contributed by atoms with Gasteiger partial charge in [0, 0.05) is 237 Å². The van der Waals surface area contributed by atoms with E-state index in [9.17, 15) is 4.79 Å². The fraction of sp³-hybridized carbons (Fsp3) is 0.222. The minimum atomic E-state index is -0.994. The lowest BCUT2D eigenvalue weighted by Crippen LogP contribution is -2.86. The maximum atomic E-state index is 13.3. The molecule has 1 aromatic heterocycles. The predicted octanol–water partition coefficient (Wildman–Crippen LogP) is -3.56. The van der Waals surface area contributed by atoms with Crippen molar-refractivity contribution < 1.29 is 9.53 Å². The van der Waals surface area contributed by atoms with E-state index in [0.29, 0.717) is 19.7 Å². The summed E-state index contributed by atoms with van der Waals surface area (Å²) < 4.78 is 7.90. The van der Waals surface area contributed by atoms with Crippen LogP contribution in [-0.4, -0.2) is 240 Å². The van der Waals surface area contributed by atoms with Gasteiger partial charge in [-0.05, 0) is 46.5 Å². The molecule has 2 aliphatic heterocycles. The van der Waals surface area contributed by atoms with E-state index in [2.05, 4.69) is 87.2 Å². The van der Waals surface area contributed by atoms with Crippen LogP contribution in [0.1, 0.15) is 22.7 Å². The number of rotatable bonds is 16. The van der Waals surface area contributed by atoms with Gasteiger partial charge in [0.2, 0.25) is 0 Å². The Morgan fingerprint density at radius 3 is 1.54 bits per heavy atom. The van der Waals surface area contributed by atoms with Crippen molar-refractivity contribution in [3.63, 3.8) is 0 Å². The number of fused-ring (bicyclic) bond motifs is 5. The van der Waals surface area contributed by atoms with Gasteiger partial charge in [-0.25, -0.2) is 9.78 Å². The van der Waals surface area contributed by atoms with E-state index in [1.165, 1.54) is 40.7 Å². The van der Waals surface area contributed by atoms with Gasteiger partial charge in [-0.1, -0.05) is 72.8 Å². The molecule has 1 aliphatic carbocycles. The molecule has 8 rings (SSSR count). The molecule has 0 unspecified atom stereocenters. The van der Waals surface area contributed by atoms with Crippen molar-refractivity contribution in [1.82, 2.24) is 9.55 Å². The SMILES string of the molecule is Cn1cnc(CN2CCN(C(=O)OCC3c4ccccc4-c4ccccc43)c3ccccc32)c1.[B][B]B([B])B(B(B([B])[B])B([B])[B])B(B(B([B])[B])B([B])[B])B(B([B])[B])B([B])[B].c1ccc2c(c1)NCCN2. The molecule has 29 radical (unpaired) electrons. The van der Waals surface area contributed by atoms with Gasteiger partial charge in [0.15, 0.2) is 0 Å². The van der Waals surface area contributed by atoms with E-state index < -0.39 is 76.6 Å². The molecule has 3 heterocycles. The van der Waals surface area contributed by atoms with Crippen LogP contribution in [0.25, 0.3) is 11.1 Å². The number of carbonyl (C=O) groups excluding carboxylic acids is 1. The van der Waals surface area contributed by atoms with E-state index in [1.54, 1.807) is 4.90 Å². The molecule has 3 aliphatic rings. The number of aromatic nitrogens is 2. The van der Waals surface area contributed by atoms with Crippen LogP contribution < -0.4 is 20.4 Å². The molecule has 0 fully saturated rings. The Morgan fingerprint density at radius 1 is 0.620 bits per heavy atom. The number of hydrogen-bond donors (Lipinski definition) is 2. The number of imidazole rings is 1. The van der Waals surface area contributed by atoms with Crippen molar-refractivity contribution in [2.75, 3.05) is 53.2 Å². The van der Waals surface area contributed by atoms with Crippen LogP contribution in [0, 0.1) is 0 Å². The van der Waals surface area contributed by atoms with Crippen molar-refractivity contribution in [2.45, 2.75) is 12.5 Å². The first-order valence-corrected chi connectivity index (χ1v) is 23.8. The Kier molecular flexibility index (Phi) is 21.3. The molecule has 8 nitrogen and oxygen atoms in total. The van der Waals surface area contributed by atoms with Gasteiger partial charge in [-0.2, -0.15) is 0 Å². The van der Waals surface area contributed by atoms with Crippen LogP contribution in [0.3, 0.4) is 0 Å². The highest BCUT2D eigenvalue weighted by Crippen LogP contribution is 2.45. The zero-order valence-electron chi connectivity index (χ0n) is 40.4. The normalized spacial score (nSPS) is 12.6. The molecule has 35 heteroatoms. The summed E-state index contributed by atoms with van der Waals surface area (Å²) in [5.74, 6) is 0.0528. The molecule has 0 bridgehead atoms. The smallest absolute Gasteiger partial charge is 0.414 e. The highest BCUT2D eigenvalue weighted by atomic mass is 16.6. The molecule has 0 atom stereocenters. The standard InChI is InChI=1S/C28H26N4O2.C8H10N2.B27/c1-30-16-20(29-19-30)17-31-14-15-32(27-13-7-6-12-26(27)31)28(33)34-18-25-23-10-4-2-8-21(23)22-9-3-5-11-24(22)25;1-2-4-8-7(3-1)9-5-6-10-8;1-15-22(14)26(23(16(2)3)17(4)5)27(24(18(6)7)19(8)9)25(20(10)11)21(12)13/h2-13,16,19,25H,14-15,17-18H2,1H3;1-4,9-10H,5-6H2;. The Morgan fingerprint density at radius 2 is 1.07 bits per heavy atom. The van der Waals surface area contributed by atoms with E-state index in [-0.39, 0.29) is 12.0 Å². The van der Waals surface area contributed by atoms with Crippen molar-refractivity contribution in [1.29, 1.82) is 0 Å². The summed E-state index contributed by atoms with van der Waals surface area (Å²) in [7, 11) is 86.5. The van der Waals surface area contributed by atoms with Crippen LogP contribution in [0.15, 0.2) is 110 Å². The largest absolute Gasteiger partial charge is 0.448 e. The van der Waals surface area contributed by atoms with Gasteiger partial charge >= 0.3 is 6.09 Å². The summed E-state index contributed by atoms with van der Waals surface area (Å²) in [6, 6.07) is 33.1. The van der Waals surface area contributed by atoms with Crippen LogP contribution in [0.5, 0.6) is 0 Å². The molecule has 0 saturated heterocycles. The maximum absolute atomic E-state index is 13.3. The summed E-state index contributed by atoms with van der Waals surface area (Å²) in [5, 5.41) is 6.60. The molecule has 1 amide bonds. The number of nitrogens with zero attached hydrogens (tertiary/aromatic N) is 4. The average Bonchev–Trinajstić information content (AvgIpc) is 3.91. The number of nitrogens with one attached hydrogen (secondary N) is 2. The second-order valence-electron chi connectivity index (χ2n) is 18.4. The third kappa shape index (κ3) is 14.0. The van der Waals surface area contributed by atoms with Gasteiger partial charge in [-0.15, -0.1) is 0 Å². The number of carbonyl (C=O) groups is 1. The molecule has 4 aromatic carbocycles. The first kappa shape index (κ1) is 56.8. The van der Waals surface area contributed by atoms with Gasteiger partial charge < -0.3 is 24.8 Å². The van der Waals surface area contributed by atoms with Crippen LogP contribution in [0.2, 0.25) is 0 Å². The molecular weight excluding hydrogens is 840 g/mol. The predicted molar refractivity (Wildman–Crippen MR) is 332 cm³/mol. The number of anilines is 4. The van der Waals surface area contributed by atoms with Crippen molar-refractivity contribution in [3.8, 4) is 11.1 Å². The summed E-state index contributed by atoms with van der Waals surface area (Å²) in [6.45, 7) is 4.37. The topological polar surface area (TPSA) is 74.7 Å². The van der Waals surface area contributed by atoms with Gasteiger partial charge in [0.25, 0.3) is 0 Å². The third-order valence-electron chi connectivity index (χ3n) is 13.6. The number of aryl methyl sites for hydroxylation is 1. The first-order chi connectivity index (χ1) is 33.9. The first-order valence-electron chi connectivity index (χ1n) is 23.8. The number of benzene rings is 4. The van der Waals surface area contributed by atoms with E-state index in [4.69, 9.17) is 113 Å². The number of amides is 1. The maximum Gasteiger partial charge on any atom is 0.414 e. The molecule has 2 N–H and O–H groups in total. The fourth-order valence-electron chi connectivity index (χ4n) is 10.4. The fourth-order valence-corrected chi connectivity index (χ4v) is 10.4. The summed E-state index contributed by atoms with van der Waals surface area (Å²) in [4.78, 5) is 21.8. The monoisotopic (exact) mass is 882 g/mol. The Balaban J connectivity index is 0.000000198. The Bertz CT molecular complexity index is 2360. The highest BCUT2D eigenvalue weighted by molar-refractivity contribution is 8.25. The zero-order chi connectivity index (χ0) is 51.5. The van der Waals surface area contributed by atoms with E-state index in [0.717, 1.165) is 36.7 Å². The van der Waals surface area contributed by atoms with Crippen LogP contribution in [0.4, 0.5) is 27.5 Å². The Hall–Kier alpha value is -3.49. The number of hydrogen-bond acceptors (Lipinski definition) is 6. The van der Waals surface area contributed by atoms with Crippen molar-refractivity contribution >= 4 is 221 Å². The van der Waals surface area contributed by atoms with E-state index in [1.807, 2.05) is 54.5 Å². The number of ether oxygens (including phenoxy) is 1. The Labute approximate surface area is 447 Å². The highest BCUT2D eigenvalue weighted by Gasteiger charge is 2.50. The summed E-state index contributed by atoms with van der Waals surface area (Å²) >= 11 is 0. The minimum Gasteiger partial charge on any atom is -0.448 e. The quantitative estimate of drug-likeness (QED) is 0.100. The molecule has 71 heavy (non-hydrogen) atoms. The summed E-state index contributed by atoms with van der Waals surface area (Å²) in [5.41, 5.74) is 10.2. The van der Waals surface area contributed by atoms with Crippen molar-refractivity contribution in [2.24, 2.45) is 7.05 Å². The lowest BCUT2D eigenvalue weighted by Gasteiger charge is -2.48. The molecular formula is C36H36B27N6O2. The van der Waals surface area contributed by atoms with Crippen molar-refractivity contribution in [3.05, 3.63) is 126 Å². The van der Waals surface area contributed by atoms with Gasteiger partial charge in [-0.3, -0.25) is 4.90 Å². The molecule has 303 valence electrons. The summed E-state index contributed by atoms with van der Waals surface area (Å²) in [6.07, 6.45) is -6.99. The van der Waals surface area contributed by atoms with Crippen LogP contribution >= 0.6 is 0 Å². The molecule has 0 saturated carbocycles. The molecule has 0 spiro atoms. The second kappa shape index (κ2) is 26.6. The van der Waals surface area contributed by atoms with Gasteiger partial charge in [0.05, 0.1) is 41.3 Å². The number of para-hydroxylation sites is 4. The second-order valence-corrected chi connectivity index (χ2v) is 18.4. The minimum absolute atomic E-state index is 0.0528. The third-order valence-corrected chi connectivity index (χ3v) is 13.6. The average molecular weight is 877 g/mol.